The van der Waals surface area contributed by atoms with Gasteiger partial charge in [0.2, 0.25) is 5.91 Å². The summed E-state index contributed by atoms with van der Waals surface area (Å²) in [7, 11) is 0. The van der Waals surface area contributed by atoms with Crippen molar-refractivity contribution in [1.82, 2.24) is 4.90 Å². The van der Waals surface area contributed by atoms with Crippen LogP contribution in [0.4, 0.5) is 0 Å². The van der Waals surface area contributed by atoms with E-state index < -0.39 is 12.0 Å². The molecule has 18 heavy (non-hydrogen) atoms. The summed E-state index contributed by atoms with van der Waals surface area (Å²) < 4.78 is 0. The van der Waals surface area contributed by atoms with Gasteiger partial charge >= 0.3 is 5.97 Å². The van der Waals surface area contributed by atoms with Crippen LogP contribution in [0.25, 0.3) is 10.4 Å². The Balaban J connectivity index is 2.78. The third kappa shape index (κ3) is 3.13. The number of carboxylic acids is 1. The second-order valence-corrected chi connectivity index (χ2v) is 4.70. The molecule has 1 heterocycles. The molecule has 0 saturated carbocycles. The van der Waals surface area contributed by atoms with Gasteiger partial charge in [0.15, 0.2) is 0 Å². The molecule has 0 aromatic rings. The fourth-order valence-electron chi connectivity index (χ4n) is 2.26. The minimum Gasteiger partial charge on any atom is -0.480 e. The fourth-order valence-corrected chi connectivity index (χ4v) is 2.26. The molecule has 0 radical (unpaired) electrons. The zero-order chi connectivity index (χ0) is 13.7. The molecule has 1 saturated heterocycles. The topological polar surface area (TPSA) is 106 Å². The molecule has 0 spiro atoms. The van der Waals surface area contributed by atoms with Crippen molar-refractivity contribution in [3.8, 4) is 0 Å². The van der Waals surface area contributed by atoms with Crippen molar-refractivity contribution in [2.75, 3.05) is 13.1 Å². The van der Waals surface area contributed by atoms with Gasteiger partial charge in [0.25, 0.3) is 0 Å². The zero-order valence-corrected chi connectivity index (χ0v) is 10.6. The average Bonchev–Trinajstić information content (AvgIpc) is 2.67. The van der Waals surface area contributed by atoms with Crippen molar-refractivity contribution in [3.05, 3.63) is 10.4 Å². The van der Waals surface area contributed by atoms with Crippen molar-refractivity contribution in [1.29, 1.82) is 0 Å². The minimum absolute atomic E-state index is 0.0701. The van der Waals surface area contributed by atoms with Gasteiger partial charge in [0, 0.05) is 24.4 Å². The molecule has 7 heteroatoms. The van der Waals surface area contributed by atoms with Crippen LogP contribution in [0.15, 0.2) is 5.11 Å². The van der Waals surface area contributed by atoms with E-state index >= 15 is 0 Å². The maximum absolute atomic E-state index is 11.8. The monoisotopic (exact) mass is 254 g/mol. The minimum atomic E-state index is -0.970. The molecule has 1 amide bonds. The molecule has 1 rings (SSSR count). The van der Waals surface area contributed by atoms with Crippen LogP contribution < -0.4 is 0 Å². The van der Waals surface area contributed by atoms with Crippen LogP contribution in [0, 0.1) is 11.8 Å². The van der Waals surface area contributed by atoms with Gasteiger partial charge in [-0.25, -0.2) is 4.79 Å². The first-order chi connectivity index (χ1) is 8.51. The second-order valence-electron chi connectivity index (χ2n) is 4.70. The van der Waals surface area contributed by atoms with E-state index in [4.69, 9.17) is 5.53 Å². The van der Waals surface area contributed by atoms with Gasteiger partial charge in [-0.15, -0.1) is 0 Å². The number of nitrogens with zero attached hydrogens (tertiary/aromatic N) is 4. The van der Waals surface area contributed by atoms with Crippen molar-refractivity contribution < 1.29 is 14.7 Å². The summed E-state index contributed by atoms with van der Waals surface area (Å²) in [4.78, 5) is 27.2. The van der Waals surface area contributed by atoms with Crippen LogP contribution in [0.5, 0.6) is 0 Å². The molecule has 1 aliphatic rings. The molecule has 1 aliphatic heterocycles. The van der Waals surface area contributed by atoms with Crippen molar-refractivity contribution in [2.24, 2.45) is 17.0 Å². The van der Waals surface area contributed by atoms with Gasteiger partial charge in [-0.2, -0.15) is 0 Å². The highest BCUT2D eigenvalue weighted by molar-refractivity contribution is 5.85. The Morgan fingerprint density at radius 1 is 1.72 bits per heavy atom. The van der Waals surface area contributed by atoms with E-state index in [1.54, 1.807) is 0 Å². The summed E-state index contributed by atoms with van der Waals surface area (Å²) in [5, 5.41) is 12.7. The van der Waals surface area contributed by atoms with Gasteiger partial charge in [-0.05, 0) is 17.4 Å². The molecule has 0 aliphatic carbocycles. The first-order valence-corrected chi connectivity index (χ1v) is 6.04. The highest BCUT2D eigenvalue weighted by Crippen LogP contribution is 2.25. The van der Waals surface area contributed by atoms with Crippen molar-refractivity contribution in [3.63, 3.8) is 0 Å². The summed E-state index contributed by atoms with van der Waals surface area (Å²) in [6.45, 7) is 4.33. The fraction of sp³-hybridized carbons (Fsp3) is 0.818. The van der Waals surface area contributed by atoms with E-state index in [1.807, 2.05) is 13.8 Å². The number of rotatable bonds is 6. The van der Waals surface area contributed by atoms with Crippen LogP contribution in [-0.4, -0.2) is 41.0 Å². The maximum Gasteiger partial charge on any atom is 0.326 e. The zero-order valence-electron chi connectivity index (χ0n) is 10.6. The number of carbonyl (C=O) groups excluding carboxylic acids is 1. The van der Waals surface area contributed by atoms with Crippen LogP contribution in [0.3, 0.4) is 0 Å². The van der Waals surface area contributed by atoms with Crippen LogP contribution in [0.1, 0.15) is 26.7 Å². The predicted molar refractivity (Wildman–Crippen MR) is 64.7 cm³/mol. The van der Waals surface area contributed by atoms with Crippen molar-refractivity contribution >= 4 is 11.9 Å². The molecule has 3 atom stereocenters. The predicted octanol–water partition coefficient (Wildman–Crippen LogP) is 1.64. The first kappa shape index (κ1) is 14.3. The van der Waals surface area contributed by atoms with E-state index in [2.05, 4.69) is 10.0 Å². The SMILES string of the molecule is CC[C@H](C)[C@H](C(=O)O)N1CC(CN=[N+]=[N-])CC1=O. The van der Waals surface area contributed by atoms with Gasteiger partial charge in [0.1, 0.15) is 6.04 Å². The maximum atomic E-state index is 11.8. The Morgan fingerprint density at radius 2 is 2.39 bits per heavy atom. The molecular weight excluding hydrogens is 236 g/mol. The normalized spacial score (nSPS) is 22.4. The number of likely N-dealkylation sites (tertiary alicyclic amines) is 1. The molecular formula is C11H18N4O3. The van der Waals surface area contributed by atoms with Gasteiger partial charge in [-0.1, -0.05) is 25.4 Å². The highest BCUT2D eigenvalue weighted by atomic mass is 16.4. The lowest BCUT2D eigenvalue weighted by Crippen LogP contribution is -2.46. The molecule has 1 N–H and O–H groups in total. The van der Waals surface area contributed by atoms with Crippen LogP contribution >= 0.6 is 0 Å². The van der Waals surface area contributed by atoms with Gasteiger partial charge < -0.3 is 10.0 Å². The third-order valence-electron chi connectivity index (χ3n) is 3.41. The van der Waals surface area contributed by atoms with Crippen molar-refractivity contribution in [2.45, 2.75) is 32.7 Å². The largest absolute Gasteiger partial charge is 0.480 e. The summed E-state index contributed by atoms with van der Waals surface area (Å²) in [5.74, 6) is -1.30. The van der Waals surface area contributed by atoms with E-state index in [0.29, 0.717) is 13.0 Å². The molecule has 0 aromatic heterocycles. The van der Waals surface area contributed by atoms with E-state index in [0.717, 1.165) is 0 Å². The quantitative estimate of drug-likeness (QED) is 0.442. The molecule has 0 aromatic carbocycles. The smallest absolute Gasteiger partial charge is 0.326 e. The molecule has 1 fully saturated rings. The summed E-state index contributed by atoms with van der Waals surface area (Å²) >= 11 is 0. The van der Waals surface area contributed by atoms with Crippen LogP contribution in [-0.2, 0) is 9.59 Å². The van der Waals surface area contributed by atoms with Crippen LogP contribution in [0.2, 0.25) is 0 Å². The lowest BCUT2D eigenvalue weighted by molar-refractivity contribution is -0.150. The third-order valence-corrected chi connectivity index (χ3v) is 3.41. The Kier molecular flexibility index (Phi) is 4.97. The second kappa shape index (κ2) is 6.26. The summed E-state index contributed by atoms with van der Waals surface area (Å²) in [6.07, 6.45) is 0.959. The summed E-state index contributed by atoms with van der Waals surface area (Å²) in [5.41, 5.74) is 8.25. The van der Waals surface area contributed by atoms with E-state index in [9.17, 15) is 14.7 Å². The Morgan fingerprint density at radius 3 is 2.89 bits per heavy atom. The lowest BCUT2D eigenvalue weighted by Gasteiger charge is -2.29. The van der Waals surface area contributed by atoms with E-state index in [-0.39, 0.29) is 30.7 Å². The molecule has 1 unspecified atom stereocenters. The summed E-state index contributed by atoms with van der Waals surface area (Å²) in [6, 6.07) is -0.779. The average molecular weight is 254 g/mol. The van der Waals surface area contributed by atoms with E-state index in [1.165, 1.54) is 4.90 Å². The number of hydrogen-bond donors (Lipinski definition) is 1. The lowest BCUT2D eigenvalue weighted by atomic mass is 9.98. The molecule has 100 valence electrons. The first-order valence-electron chi connectivity index (χ1n) is 6.04. The molecule has 7 nitrogen and oxygen atoms in total. The number of amides is 1. The number of carboxylic acid groups (broad SMARTS) is 1. The number of azide groups is 1. The number of carbonyl (C=O) groups is 2. The van der Waals surface area contributed by atoms with Gasteiger partial charge in [0.05, 0.1) is 0 Å². The Bertz CT molecular complexity index is 378. The highest BCUT2D eigenvalue weighted by Gasteiger charge is 2.39. The Hall–Kier alpha value is -1.75. The number of aliphatic carboxylic acids is 1. The molecule has 0 bridgehead atoms. The Labute approximate surface area is 105 Å². The number of hydrogen-bond acceptors (Lipinski definition) is 3. The van der Waals surface area contributed by atoms with Gasteiger partial charge in [-0.3, -0.25) is 4.79 Å². The standard InChI is InChI=1S/C11H18N4O3/c1-3-7(2)10(11(17)18)15-6-8(4-9(15)16)5-13-14-12/h7-8,10H,3-6H2,1-2H3,(H,17,18)/t7-,8?,10+/m0/s1.